The van der Waals surface area contributed by atoms with Crippen LogP contribution in [0.5, 0.6) is 0 Å². The molecule has 0 unspecified atom stereocenters. The van der Waals surface area contributed by atoms with Gasteiger partial charge in [0.05, 0.1) is 24.4 Å². The lowest BCUT2D eigenvalue weighted by molar-refractivity contribution is -0.121. The van der Waals surface area contributed by atoms with Crippen LogP contribution in [0.2, 0.25) is 10.0 Å². The van der Waals surface area contributed by atoms with Crippen LogP contribution in [0.4, 0.5) is 0 Å². The zero-order valence-electron chi connectivity index (χ0n) is 15.9. The molecule has 11 heteroatoms. The van der Waals surface area contributed by atoms with E-state index in [1.165, 1.54) is 0 Å². The maximum Gasteiger partial charge on any atom is 0.246 e. The number of hydrogen-bond donors (Lipinski definition) is 1. The van der Waals surface area contributed by atoms with Crippen molar-refractivity contribution in [3.8, 4) is 11.4 Å². The normalized spacial score (nSPS) is 11.6. The Morgan fingerprint density at radius 2 is 1.77 bits per heavy atom. The molecule has 0 spiro atoms. The van der Waals surface area contributed by atoms with Gasteiger partial charge in [0.15, 0.2) is 0 Å². The molecule has 1 N–H and O–H groups in total. The third-order valence-electron chi connectivity index (χ3n) is 4.11. The van der Waals surface area contributed by atoms with Crippen LogP contribution in [0, 0.1) is 0 Å². The summed E-state index contributed by atoms with van der Waals surface area (Å²) >= 11 is 12.2. The summed E-state index contributed by atoms with van der Waals surface area (Å²) in [6, 6.07) is 13.9. The number of halogens is 2. The van der Waals surface area contributed by atoms with Crippen molar-refractivity contribution >= 4 is 39.1 Å². The first-order valence-electron chi connectivity index (χ1n) is 8.77. The maximum absolute atomic E-state index is 12.3. The third kappa shape index (κ3) is 5.79. The van der Waals surface area contributed by atoms with E-state index in [0.717, 1.165) is 10.6 Å². The predicted molar refractivity (Wildman–Crippen MR) is 113 cm³/mol. The molecule has 0 bridgehead atoms. The van der Waals surface area contributed by atoms with E-state index in [2.05, 4.69) is 15.5 Å². The Hall–Kier alpha value is -2.46. The van der Waals surface area contributed by atoms with Crippen molar-refractivity contribution in [3.05, 3.63) is 70.0 Å². The van der Waals surface area contributed by atoms with Gasteiger partial charge in [-0.15, -0.1) is 0 Å². The van der Waals surface area contributed by atoms with E-state index in [1.807, 2.05) is 0 Å². The Morgan fingerprint density at radius 1 is 1.10 bits per heavy atom. The number of hydrogen-bond acceptors (Lipinski definition) is 6. The van der Waals surface area contributed by atoms with Crippen LogP contribution in [0.25, 0.3) is 11.4 Å². The van der Waals surface area contributed by atoms with Crippen molar-refractivity contribution in [1.82, 2.24) is 19.8 Å². The number of rotatable bonds is 8. The number of nitrogens with one attached hydrogen (secondary N) is 1. The van der Waals surface area contributed by atoms with Gasteiger partial charge >= 0.3 is 0 Å². The minimum Gasteiger partial charge on any atom is -0.346 e. The molecule has 3 aromatic rings. The molecule has 2 aromatic carbocycles. The zero-order chi connectivity index (χ0) is 21.7. The standard InChI is InChI=1S/C19H18Cl2N4O4S/c1-30(27,28)25(11-13-6-2-4-8-15(13)20)12-17(26)22-10-18-23-19(24-29-18)14-7-3-5-9-16(14)21/h2-9H,10-12H2,1H3,(H,22,26). The summed E-state index contributed by atoms with van der Waals surface area (Å²) in [5, 5.41) is 7.31. The summed E-state index contributed by atoms with van der Waals surface area (Å²) in [4.78, 5) is 16.5. The first kappa shape index (κ1) is 22.2. The van der Waals surface area contributed by atoms with E-state index in [4.69, 9.17) is 27.7 Å². The van der Waals surface area contributed by atoms with Gasteiger partial charge < -0.3 is 9.84 Å². The minimum absolute atomic E-state index is 0.0247. The van der Waals surface area contributed by atoms with E-state index < -0.39 is 15.9 Å². The summed E-state index contributed by atoms with van der Waals surface area (Å²) < 4.78 is 30.4. The predicted octanol–water partition coefficient (Wildman–Crippen LogP) is 3.12. The first-order valence-corrected chi connectivity index (χ1v) is 11.4. The van der Waals surface area contributed by atoms with E-state index in [0.29, 0.717) is 27.0 Å². The zero-order valence-corrected chi connectivity index (χ0v) is 18.2. The highest BCUT2D eigenvalue weighted by Gasteiger charge is 2.22. The molecule has 0 saturated carbocycles. The number of carbonyl (C=O) groups excluding carboxylic acids is 1. The van der Waals surface area contributed by atoms with Gasteiger partial charge in [-0.3, -0.25) is 4.79 Å². The fourth-order valence-electron chi connectivity index (χ4n) is 2.58. The van der Waals surface area contributed by atoms with E-state index >= 15 is 0 Å². The second-order valence-corrected chi connectivity index (χ2v) is 9.19. The van der Waals surface area contributed by atoms with Gasteiger partial charge in [0, 0.05) is 17.1 Å². The molecule has 0 aliphatic rings. The molecular formula is C19H18Cl2N4O4S. The van der Waals surface area contributed by atoms with Crippen molar-refractivity contribution in [1.29, 1.82) is 0 Å². The Morgan fingerprint density at radius 3 is 2.43 bits per heavy atom. The average Bonchev–Trinajstić information content (AvgIpc) is 3.16. The molecular weight excluding hydrogens is 451 g/mol. The Balaban J connectivity index is 1.62. The molecule has 3 rings (SSSR count). The summed E-state index contributed by atoms with van der Waals surface area (Å²) in [7, 11) is -3.65. The Kier molecular flexibility index (Phi) is 7.09. The van der Waals surface area contributed by atoms with Gasteiger partial charge in [-0.2, -0.15) is 9.29 Å². The lowest BCUT2D eigenvalue weighted by Crippen LogP contribution is -2.39. The van der Waals surface area contributed by atoms with Crippen molar-refractivity contribution in [2.24, 2.45) is 0 Å². The fourth-order valence-corrected chi connectivity index (χ4v) is 3.72. The van der Waals surface area contributed by atoms with Gasteiger partial charge in [0.1, 0.15) is 0 Å². The number of amides is 1. The largest absolute Gasteiger partial charge is 0.346 e. The summed E-state index contributed by atoms with van der Waals surface area (Å²) in [6.07, 6.45) is 1.03. The molecule has 1 heterocycles. The van der Waals surface area contributed by atoms with Gasteiger partial charge in [0.2, 0.25) is 27.6 Å². The first-order chi connectivity index (χ1) is 14.2. The summed E-state index contributed by atoms with van der Waals surface area (Å²) in [5.41, 5.74) is 1.20. The maximum atomic E-state index is 12.3. The number of sulfonamides is 1. The topological polar surface area (TPSA) is 105 Å². The lowest BCUT2D eigenvalue weighted by Gasteiger charge is -2.20. The van der Waals surface area contributed by atoms with Crippen LogP contribution in [-0.2, 0) is 27.9 Å². The number of benzene rings is 2. The molecule has 0 aliphatic carbocycles. The molecule has 0 atom stereocenters. The van der Waals surface area contributed by atoms with Crippen molar-refractivity contribution in [3.63, 3.8) is 0 Å². The molecule has 1 aromatic heterocycles. The van der Waals surface area contributed by atoms with Gasteiger partial charge in [-0.1, -0.05) is 58.7 Å². The highest BCUT2D eigenvalue weighted by molar-refractivity contribution is 7.88. The summed E-state index contributed by atoms with van der Waals surface area (Å²) in [5.74, 6) is -0.0680. The monoisotopic (exact) mass is 468 g/mol. The molecule has 0 saturated heterocycles. The van der Waals surface area contributed by atoms with E-state index in [1.54, 1.807) is 48.5 Å². The van der Waals surface area contributed by atoms with Gasteiger partial charge in [-0.25, -0.2) is 8.42 Å². The number of carbonyl (C=O) groups is 1. The second-order valence-electron chi connectivity index (χ2n) is 6.39. The van der Waals surface area contributed by atoms with Crippen molar-refractivity contribution < 1.29 is 17.7 Å². The lowest BCUT2D eigenvalue weighted by atomic mass is 10.2. The molecule has 1 amide bonds. The van der Waals surface area contributed by atoms with Crippen molar-refractivity contribution in [2.75, 3.05) is 12.8 Å². The van der Waals surface area contributed by atoms with Crippen LogP contribution in [-0.4, -0.2) is 41.6 Å². The third-order valence-corrected chi connectivity index (χ3v) is 6.01. The van der Waals surface area contributed by atoms with Crippen molar-refractivity contribution in [2.45, 2.75) is 13.1 Å². The Bertz CT molecular complexity index is 1150. The molecule has 0 fully saturated rings. The quantitative estimate of drug-likeness (QED) is 0.544. The fraction of sp³-hybridized carbons (Fsp3) is 0.211. The second kappa shape index (κ2) is 9.57. The highest BCUT2D eigenvalue weighted by Crippen LogP contribution is 2.24. The highest BCUT2D eigenvalue weighted by atomic mass is 35.5. The van der Waals surface area contributed by atoms with Crippen LogP contribution >= 0.6 is 23.2 Å². The Labute approximate surface area is 183 Å². The number of aromatic nitrogens is 2. The SMILES string of the molecule is CS(=O)(=O)N(CC(=O)NCc1nc(-c2ccccc2Cl)no1)Cc1ccccc1Cl. The number of nitrogens with zero attached hydrogens (tertiary/aromatic N) is 3. The smallest absolute Gasteiger partial charge is 0.246 e. The van der Waals surface area contributed by atoms with Gasteiger partial charge in [-0.05, 0) is 23.8 Å². The molecule has 158 valence electrons. The van der Waals surface area contributed by atoms with Crippen LogP contribution < -0.4 is 5.32 Å². The minimum atomic E-state index is -3.65. The van der Waals surface area contributed by atoms with Crippen LogP contribution in [0.3, 0.4) is 0 Å². The molecule has 30 heavy (non-hydrogen) atoms. The molecule has 0 radical (unpaired) electrons. The molecule has 8 nitrogen and oxygen atoms in total. The van der Waals surface area contributed by atoms with E-state index in [9.17, 15) is 13.2 Å². The van der Waals surface area contributed by atoms with Crippen LogP contribution in [0.15, 0.2) is 53.1 Å². The average molecular weight is 469 g/mol. The van der Waals surface area contributed by atoms with Crippen LogP contribution in [0.1, 0.15) is 11.5 Å². The molecule has 0 aliphatic heterocycles. The van der Waals surface area contributed by atoms with E-state index in [-0.39, 0.29) is 25.5 Å². The summed E-state index contributed by atoms with van der Waals surface area (Å²) in [6.45, 7) is -0.460. The van der Waals surface area contributed by atoms with Gasteiger partial charge in [0.25, 0.3) is 0 Å².